The molecule has 0 spiro atoms. The van der Waals surface area contributed by atoms with E-state index in [0.29, 0.717) is 6.04 Å². The third-order valence-electron chi connectivity index (χ3n) is 4.01. The molecule has 1 N–H and O–H groups in total. The van der Waals surface area contributed by atoms with E-state index >= 15 is 0 Å². The van der Waals surface area contributed by atoms with E-state index in [1.807, 2.05) is 11.9 Å². The third-order valence-corrected chi connectivity index (χ3v) is 4.01. The van der Waals surface area contributed by atoms with Gasteiger partial charge in [-0.2, -0.15) is 0 Å². The number of rotatable bonds is 6. The fourth-order valence-corrected chi connectivity index (χ4v) is 2.71. The zero-order valence-corrected chi connectivity index (χ0v) is 11.0. The molecule has 0 aromatic heterocycles. The highest BCUT2D eigenvalue weighted by atomic mass is 16.4. The number of aliphatic carboxylic acids is 1. The van der Waals surface area contributed by atoms with Gasteiger partial charge in [-0.1, -0.05) is 12.8 Å². The van der Waals surface area contributed by atoms with E-state index in [2.05, 4.69) is 0 Å². The maximum absolute atomic E-state index is 12.1. The van der Waals surface area contributed by atoms with E-state index in [0.717, 1.165) is 38.5 Å². The molecule has 2 aliphatic carbocycles. The van der Waals surface area contributed by atoms with Crippen molar-refractivity contribution >= 4 is 11.9 Å². The highest BCUT2D eigenvalue weighted by Gasteiger charge is 2.32. The van der Waals surface area contributed by atoms with Crippen molar-refractivity contribution in [3.63, 3.8) is 0 Å². The molecule has 0 radical (unpaired) electrons. The van der Waals surface area contributed by atoms with Crippen LogP contribution >= 0.6 is 0 Å². The molecule has 2 saturated carbocycles. The number of hydrogen-bond donors (Lipinski definition) is 1. The van der Waals surface area contributed by atoms with Crippen LogP contribution in [0.1, 0.15) is 38.5 Å². The van der Waals surface area contributed by atoms with Gasteiger partial charge in [0.25, 0.3) is 0 Å². The Morgan fingerprint density at radius 3 is 2.17 bits per heavy atom. The SMILES string of the molecule is CN(C(=O)CN(CC(=O)O)C1CCCC1)C1CC1. The number of nitrogens with zero attached hydrogens (tertiary/aromatic N) is 2. The summed E-state index contributed by atoms with van der Waals surface area (Å²) in [6.07, 6.45) is 6.51. The molecule has 2 fully saturated rings. The number of carboxylic acids is 1. The molecule has 2 rings (SSSR count). The Morgan fingerprint density at radius 2 is 1.67 bits per heavy atom. The molecule has 2 aliphatic rings. The highest BCUT2D eigenvalue weighted by molar-refractivity contribution is 5.79. The minimum atomic E-state index is -0.844. The van der Waals surface area contributed by atoms with Gasteiger partial charge in [0.15, 0.2) is 0 Å². The van der Waals surface area contributed by atoms with Gasteiger partial charge in [0.2, 0.25) is 5.91 Å². The first kappa shape index (κ1) is 13.3. The molecule has 5 nitrogen and oxygen atoms in total. The van der Waals surface area contributed by atoms with Crippen molar-refractivity contribution in [2.24, 2.45) is 0 Å². The number of hydrogen-bond acceptors (Lipinski definition) is 3. The molecule has 0 saturated heterocycles. The number of carbonyl (C=O) groups excluding carboxylic acids is 1. The molecule has 0 aromatic carbocycles. The van der Waals surface area contributed by atoms with E-state index in [1.165, 1.54) is 0 Å². The van der Waals surface area contributed by atoms with Crippen LogP contribution in [0.2, 0.25) is 0 Å². The Hall–Kier alpha value is -1.10. The van der Waals surface area contributed by atoms with Crippen molar-refractivity contribution in [2.75, 3.05) is 20.1 Å². The summed E-state index contributed by atoms with van der Waals surface area (Å²) in [5.74, 6) is -0.783. The third kappa shape index (κ3) is 3.45. The van der Waals surface area contributed by atoms with Gasteiger partial charge in [0.05, 0.1) is 13.1 Å². The van der Waals surface area contributed by atoms with Crippen molar-refractivity contribution in [1.82, 2.24) is 9.80 Å². The molecular weight excluding hydrogens is 232 g/mol. The van der Waals surface area contributed by atoms with E-state index in [4.69, 9.17) is 5.11 Å². The summed E-state index contributed by atoms with van der Waals surface area (Å²) in [6, 6.07) is 0.672. The lowest BCUT2D eigenvalue weighted by atomic mass is 10.2. The molecule has 102 valence electrons. The summed E-state index contributed by atoms with van der Waals surface area (Å²) in [7, 11) is 1.83. The normalized spacial score (nSPS) is 20.3. The van der Waals surface area contributed by atoms with Crippen molar-refractivity contribution in [1.29, 1.82) is 0 Å². The summed E-state index contributed by atoms with van der Waals surface area (Å²) in [5.41, 5.74) is 0. The topological polar surface area (TPSA) is 60.9 Å². The molecule has 5 heteroatoms. The van der Waals surface area contributed by atoms with Gasteiger partial charge in [-0.25, -0.2) is 0 Å². The lowest BCUT2D eigenvalue weighted by Crippen LogP contribution is -2.45. The van der Waals surface area contributed by atoms with Crippen LogP contribution in [-0.2, 0) is 9.59 Å². The number of amides is 1. The van der Waals surface area contributed by atoms with Gasteiger partial charge >= 0.3 is 5.97 Å². The van der Waals surface area contributed by atoms with Gasteiger partial charge in [0, 0.05) is 19.1 Å². The summed E-state index contributed by atoms with van der Waals surface area (Å²) in [6.45, 7) is 0.235. The predicted octanol–water partition coefficient (Wildman–Crippen LogP) is 0.936. The van der Waals surface area contributed by atoms with Crippen molar-refractivity contribution < 1.29 is 14.7 Å². The van der Waals surface area contributed by atoms with Crippen LogP contribution in [0.5, 0.6) is 0 Å². The Morgan fingerprint density at radius 1 is 1.06 bits per heavy atom. The van der Waals surface area contributed by atoms with Crippen LogP contribution in [0.4, 0.5) is 0 Å². The quantitative estimate of drug-likeness (QED) is 0.766. The van der Waals surface area contributed by atoms with Crippen LogP contribution in [0.3, 0.4) is 0 Å². The van der Waals surface area contributed by atoms with Crippen LogP contribution in [0, 0.1) is 0 Å². The zero-order valence-electron chi connectivity index (χ0n) is 11.0. The van der Waals surface area contributed by atoms with Crippen molar-refractivity contribution in [3.8, 4) is 0 Å². The monoisotopic (exact) mass is 254 g/mol. The van der Waals surface area contributed by atoms with E-state index in [-0.39, 0.29) is 25.0 Å². The van der Waals surface area contributed by atoms with E-state index in [9.17, 15) is 9.59 Å². The summed E-state index contributed by atoms with van der Waals surface area (Å²) < 4.78 is 0. The Balaban J connectivity index is 1.90. The van der Waals surface area contributed by atoms with Crippen LogP contribution in [0.15, 0.2) is 0 Å². The maximum atomic E-state index is 12.1. The van der Waals surface area contributed by atoms with Gasteiger partial charge in [0.1, 0.15) is 0 Å². The molecule has 0 unspecified atom stereocenters. The first-order valence-corrected chi connectivity index (χ1v) is 6.79. The fourth-order valence-electron chi connectivity index (χ4n) is 2.71. The number of likely N-dealkylation sites (N-methyl/N-ethyl adjacent to an activating group) is 1. The molecule has 18 heavy (non-hydrogen) atoms. The second-order valence-corrected chi connectivity index (χ2v) is 5.47. The lowest BCUT2D eigenvalue weighted by Gasteiger charge is -2.28. The molecule has 0 aromatic rings. The Bertz CT molecular complexity index is 322. The fraction of sp³-hybridized carbons (Fsp3) is 0.846. The minimum Gasteiger partial charge on any atom is -0.480 e. The smallest absolute Gasteiger partial charge is 0.317 e. The molecule has 0 heterocycles. The highest BCUT2D eigenvalue weighted by Crippen LogP contribution is 2.27. The largest absolute Gasteiger partial charge is 0.480 e. The van der Waals surface area contributed by atoms with E-state index in [1.54, 1.807) is 4.90 Å². The Kier molecular flexibility index (Phi) is 4.22. The maximum Gasteiger partial charge on any atom is 0.317 e. The zero-order chi connectivity index (χ0) is 13.1. The van der Waals surface area contributed by atoms with Crippen LogP contribution in [-0.4, -0.2) is 59.0 Å². The minimum absolute atomic E-state index is 0.0189. The average Bonchev–Trinajstić information content (AvgIpc) is 3.01. The molecule has 0 atom stereocenters. The molecule has 1 amide bonds. The summed E-state index contributed by atoms with van der Waals surface area (Å²) >= 11 is 0. The van der Waals surface area contributed by atoms with Crippen LogP contribution < -0.4 is 0 Å². The van der Waals surface area contributed by atoms with E-state index < -0.39 is 5.97 Å². The van der Waals surface area contributed by atoms with Crippen molar-refractivity contribution in [3.05, 3.63) is 0 Å². The molecule has 0 bridgehead atoms. The first-order chi connectivity index (χ1) is 8.58. The number of carbonyl (C=O) groups is 2. The second-order valence-electron chi connectivity index (χ2n) is 5.47. The van der Waals surface area contributed by atoms with Gasteiger partial charge in [-0.05, 0) is 25.7 Å². The number of carboxylic acid groups (broad SMARTS) is 1. The average molecular weight is 254 g/mol. The van der Waals surface area contributed by atoms with Crippen molar-refractivity contribution in [2.45, 2.75) is 50.6 Å². The molecule has 0 aliphatic heterocycles. The first-order valence-electron chi connectivity index (χ1n) is 6.79. The predicted molar refractivity (Wildman–Crippen MR) is 67.3 cm³/mol. The lowest BCUT2D eigenvalue weighted by molar-refractivity contribution is -0.140. The van der Waals surface area contributed by atoms with Gasteiger partial charge in [-0.3, -0.25) is 14.5 Å². The van der Waals surface area contributed by atoms with Gasteiger partial charge < -0.3 is 10.0 Å². The van der Waals surface area contributed by atoms with Gasteiger partial charge in [-0.15, -0.1) is 0 Å². The molecular formula is C13H22N2O3. The summed E-state index contributed by atoms with van der Waals surface area (Å²) in [5, 5.41) is 8.95. The second kappa shape index (κ2) is 5.69. The Labute approximate surface area is 108 Å². The van der Waals surface area contributed by atoms with Crippen LogP contribution in [0.25, 0.3) is 0 Å². The summed E-state index contributed by atoms with van der Waals surface area (Å²) in [4.78, 5) is 26.6. The standard InChI is InChI=1S/C13H22N2O3/c1-14(10-6-7-10)12(16)8-15(9-13(17)18)11-4-2-3-5-11/h10-11H,2-9H2,1H3,(H,17,18).